The quantitative estimate of drug-likeness (QED) is 0.554. The van der Waals surface area contributed by atoms with E-state index in [1.807, 2.05) is 6.08 Å². The third-order valence-electron chi connectivity index (χ3n) is 3.05. The van der Waals surface area contributed by atoms with Crippen LogP contribution in [0, 0.1) is 5.92 Å². The lowest BCUT2D eigenvalue weighted by atomic mass is 9.79. The molecule has 13 heavy (non-hydrogen) atoms. The molecule has 0 aromatic carbocycles. The smallest absolute Gasteiger partial charge is 0.159 e. The molecule has 2 rings (SSSR count). The van der Waals surface area contributed by atoms with Crippen molar-refractivity contribution in [3.8, 4) is 0 Å². The molecular formula is C12H16O. The molecule has 0 heterocycles. The van der Waals surface area contributed by atoms with Crippen LogP contribution in [0.4, 0.5) is 0 Å². The lowest BCUT2D eigenvalue weighted by molar-refractivity contribution is -0.117. The topological polar surface area (TPSA) is 17.1 Å². The molecule has 1 fully saturated rings. The Hall–Kier alpha value is -0.850. The first-order chi connectivity index (χ1) is 6.38. The predicted molar refractivity (Wildman–Crippen MR) is 53.4 cm³/mol. The fourth-order valence-electron chi connectivity index (χ4n) is 2.32. The first-order valence-corrected chi connectivity index (χ1v) is 5.28. The summed E-state index contributed by atoms with van der Waals surface area (Å²) in [5, 5.41) is 0. The molecule has 2 aliphatic carbocycles. The zero-order valence-corrected chi connectivity index (χ0v) is 7.96. The molecule has 1 unspecified atom stereocenters. The second kappa shape index (κ2) is 3.91. The fraction of sp³-hybridized carbons (Fsp3) is 0.583. The molecule has 1 atom stereocenters. The Morgan fingerprint density at radius 1 is 1.23 bits per heavy atom. The highest BCUT2D eigenvalue weighted by molar-refractivity contribution is 5.96. The van der Waals surface area contributed by atoms with E-state index in [0.717, 1.165) is 18.4 Å². The van der Waals surface area contributed by atoms with Crippen molar-refractivity contribution < 1.29 is 4.79 Å². The van der Waals surface area contributed by atoms with Crippen molar-refractivity contribution in [2.24, 2.45) is 5.92 Å². The molecule has 0 saturated heterocycles. The number of carbonyl (C=O) groups excluding carboxylic acids is 1. The zero-order valence-electron chi connectivity index (χ0n) is 7.96. The van der Waals surface area contributed by atoms with Gasteiger partial charge in [-0.3, -0.25) is 4.79 Å². The van der Waals surface area contributed by atoms with Crippen molar-refractivity contribution in [1.82, 2.24) is 0 Å². The summed E-state index contributed by atoms with van der Waals surface area (Å²) in [7, 11) is 0. The van der Waals surface area contributed by atoms with Crippen LogP contribution < -0.4 is 0 Å². The summed E-state index contributed by atoms with van der Waals surface area (Å²) in [5.41, 5.74) is 1.10. The summed E-state index contributed by atoms with van der Waals surface area (Å²) in [6.45, 7) is 0. The van der Waals surface area contributed by atoms with Gasteiger partial charge in [-0.25, -0.2) is 0 Å². The second-order valence-corrected chi connectivity index (χ2v) is 3.99. The summed E-state index contributed by atoms with van der Waals surface area (Å²) in [6.07, 6.45) is 13.0. The fourth-order valence-corrected chi connectivity index (χ4v) is 2.32. The van der Waals surface area contributed by atoms with Crippen molar-refractivity contribution >= 4 is 5.78 Å². The van der Waals surface area contributed by atoms with E-state index in [1.165, 1.54) is 25.7 Å². The first-order valence-electron chi connectivity index (χ1n) is 5.28. The maximum Gasteiger partial charge on any atom is 0.159 e. The van der Waals surface area contributed by atoms with E-state index >= 15 is 0 Å². The Morgan fingerprint density at radius 3 is 3.00 bits per heavy atom. The summed E-state index contributed by atoms with van der Waals surface area (Å²) >= 11 is 0. The minimum atomic E-state index is 0.391. The van der Waals surface area contributed by atoms with Crippen molar-refractivity contribution in [3.05, 3.63) is 23.8 Å². The van der Waals surface area contributed by atoms with Gasteiger partial charge in [-0.05, 0) is 43.6 Å². The largest absolute Gasteiger partial charge is 0.295 e. The summed E-state index contributed by atoms with van der Waals surface area (Å²) in [5.74, 6) is 0.967. The molecule has 0 aliphatic heterocycles. The van der Waals surface area contributed by atoms with Gasteiger partial charge in [-0.15, -0.1) is 0 Å². The zero-order chi connectivity index (χ0) is 9.10. The molecule has 0 aromatic heterocycles. The Labute approximate surface area is 79.5 Å². The van der Waals surface area contributed by atoms with Crippen molar-refractivity contribution in [2.45, 2.75) is 38.5 Å². The molecule has 0 radical (unpaired) electrons. The van der Waals surface area contributed by atoms with Crippen LogP contribution in [0.5, 0.6) is 0 Å². The van der Waals surface area contributed by atoms with Gasteiger partial charge in [0.05, 0.1) is 0 Å². The van der Waals surface area contributed by atoms with Crippen LogP contribution in [0.2, 0.25) is 0 Å². The number of Topliss-reactive ketones (excluding diaryl/α,β-unsaturated/α-hetero) is 1. The molecule has 0 amide bonds. The van der Waals surface area contributed by atoms with Gasteiger partial charge < -0.3 is 0 Å². The van der Waals surface area contributed by atoms with Crippen LogP contribution >= 0.6 is 0 Å². The standard InChI is InChI=1S/C12H16O/c13-12-9-5-7-10-6-3-1-2-4-8-11(10)12/h2,4,8,10H,1,3,5-7,9H2/b4-2-,11-8+. The molecule has 0 bridgehead atoms. The van der Waals surface area contributed by atoms with Gasteiger partial charge in [0.15, 0.2) is 5.78 Å². The minimum absolute atomic E-state index is 0.391. The van der Waals surface area contributed by atoms with Crippen LogP contribution in [-0.4, -0.2) is 5.78 Å². The predicted octanol–water partition coefficient (Wildman–Crippen LogP) is 3.02. The van der Waals surface area contributed by atoms with Crippen LogP contribution in [0.3, 0.4) is 0 Å². The maximum absolute atomic E-state index is 11.6. The number of fused-ring (bicyclic) bond motifs is 1. The highest BCUT2D eigenvalue weighted by Gasteiger charge is 2.24. The number of hydrogen-bond donors (Lipinski definition) is 0. The molecule has 1 saturated carbocycles. The molecule has 0 spiro atoms. The third-order valence-corrected chi connectivity index (χ3v) is 3.05. The third kappa shape index (κ3) is 1.90. The van der Waals surface area contributed by atoms with Crippen LogP contribution in [0.25, 0.3) is 0 Å². The van der Waals surface area contributed by atoms with Crippen LogP contribution in [-0.2, 0) is 4.79 Å². The Bertz CT molecular complexity index is 260. The van der Waals surface area contributed by atoms with Gasteiger partial charge in [0, 0.05) is 6.42 Å². The molecule has 70 valence electrons. The Kier molecular flexibility index (Phi) is 2.62. The van der Waals surface area contributed by atoms with E-state index in [4.69, 9.17) is 0 Å². The summed E-state index contributed by atoms with van der Waals surface area (Å²) < 4.78 is 0. The first kappa shape index (κ1) is 8.74. The van der Waals surface area contributed by atoms with Crippen molar-refractivity contribution in [2.75, 3.05) is 0 Å². The number of hydrogen-bond acceptors (Lipinski definition) is 1. The van der Waals surface area contributed by atoms with Gasteiger partial charge in [0.25, 0.3) is 0 Å². The van der Waals surface area contributed by atoms with Gasteiger partial charge in [-0.2, -0.15) is 0 Å². The van der Waals surface area contributed by atoms with Gasteiger partial charge in [-0.1, -0.05) is 18.2 Å². The molecule has 0 aromatic rings. The van der Waals surface area contributed by atoms with Crippen LogP contribution in [0.15, 0.2) is 23.8 Å². The Balaban J connectivity index is 2.22. The van der Waals surface area contributed by atoms with E-state index in [2.05, 4.69) is 12.2 Å². The highest BCUT2D eigenvalue weighted by Crippen LogP contribution is 2.31. The molecule has 0 N–H and O–H groups in total. The van der Waals surface area contributed by atoms with Gasteiger partial charge >= 0.3 is 0 Å². The lowest BCUT2D eigenvalue weighted by Gasteiger charge is -2.24. The summed E-state index contributed by atoms with van der Waals surface area (Å²) in [6, 6.07) is 0. The summed E-state index contributed by atoms with van der Waals surface area (Å²) in [4.78, 5) is 11.6. The molecule has 1 nitrogen and oxygen atoms in total. The van der Waals surface area contributed by atoms with Crippen molar-refractivity contribution in [3.63, 3.8) is 0 Å². The molecular weight excluding hydrogens is 160 g/mol. The minimum Gasteiger partial charge on any atom is -0.295 e. The van der Waals surface area contributed by atoms with Gasteiger partial charge in [0.1, 0.15) is 0 Å². The number of ketones is 1. The van der Waals surface area contributed by atoms with Crippen molar-refractivity contribution in [1.29, 1.82) is 0 Å². The average molecular weight is 176 g/mol. The highest BCUT2D eigenvalue weighted by atomic mass is 16.1. The van der Waals surface area contributed by atoms with Crippen LogP contribution in [0.1, 0.15) is 38.5 Å². The molecule has 1 heteroatoms. The SMILES string of the molecule is O=C1CCCC2CCC/C=C\C=C\12. The number of carbonyl (C=O) groups is 1. The maximum atomic E-state index is 11.6. The monoisotopic (exact) mass is 176 g/mol. The van der Waals surface area contributed by atoms with E-state index in [0.29, 0.717) is 11.7 Å². The normalized spacial score (nSPS) is 35.2. The van der Waals surface area contributed by atoms with E-state index < -0.39 is 0 Å². The average Bonchev–Trinajstić information content (AvgIpc) is 2.07. The van der Waals surface area contributed by atoms with E-state index in [9.17, 15) is 4.79 Å². The number of allylic oxidation sites excluding steroid dienone is 4. The molecule has 2 aliphatic rings. The second-order valence-electron chi connectivity index (χ2n) is 3.99. The van der Waals surface area contributed by atoms with Gasteiger partial charge in [0.2, 0.25) is 0 Å². The Morgan fingerprint density at radius 2 is 2.08 bits per heavy atom. The number of rotatable bonds is 0. The lowest BCUT2D eigenvalue weighted by Crippen LogP contribution is -2.19. The van der Waals surface area contributed by atoms with E-state index in [1.54, 1.807) is 0 Å². The van der Waals surface area contributed by atoms with E-state index in [-0.39, 0.29) is 0 Å².